The van der Waals surface area contributed by atoms with Gasteiger partial charge in [0.05, 0.1) is 12.1 Å². The molecule has 0 saturated carbocycles. The van der Waals surface area contributed by atoms with Gasteiger partial charge in [-0.15, -0.1) is 0 Å². The summed E-state index contributed by atoms with van der Waals surface area (Å²) in [6.45, 7) is 0.470. The Morgan fingerprint density at radius 1 is 1.04 bits per heavy atom. The van der Waals surface area contributed by atoms with Gasteiger partial charge in [0.2, 0.25) is 6.20 Å². The predicted molar refractivity (Wildman–Crippen MR) is 116 cm³/mol. The highest BCUT2D eigenvalue weighted by molar-refractivity contribution is 14.1. The monoisotopic (exact) mass is 557 g/mol. The van der Waals surface area contributed by atoms with E-state index in [0.717, 1.165) is 30.2 Å². The predicted octanol–water partition coefficient (Wildman–Crippen LogP) is 5.88. The van der Waals surface area contributed by atoms with E-state index in [0.29, 0.717) is 6.61 Å². The number of hydrogen-bond acceptors (Lipinski definition) is 3. The Morgan fingerprint density at radius 2 is 1.72 bits per heavy atom. The van der Waals surface area contributed by atoms with Gasteiger partial charge in [-0.2, -0.15) is 0 Å². The molecule has 0 radical (unpaired) electrons. The van der Waals surface area contributed by atoms with Crippen molar-refractivity contribution in [1.82, 2.24) is 0 Å². The van der Waals surface area contributed by atoms with E-state index in [9.17, 15) is 10.1 Å². The Hall–Kier alpha value is -1.68. The molecule has 0 saturated heterocycles. The maximum atomic E-state index is 10.5. The summed E-state index contributed by atoms with van der Waals surface area (Å²) in [5.41, 5.74) is 1.91. The van der Waals surface area contributed by atoms with Crippen molar-refractivity contribution in [2.24, 2.45) is 0 Å². The van der Waals surface area contributed by atoms with Gasteiger partial charge in [-0.25, -0.2) is 0 Å². The van der Waals surface area contributed by atoms with Crippen LogP contribution in [0.15, 0.2) is 60.8 Å². The minimum absolute atomic E-state index is 0.468. The van der Waals surface area contributed by atoms with Crippen LogP contribution in [0.25, 0.3) is 16.8 Å². The fourth-order valence-electron chi connectivity index (χ4n) is 2.53. The molecular formula is C19H13I2NO3. The molecule has 4 nitrogen and oxygen atoms in total. The topological polar surface area (TPSA) is 52.4 Å². The first-order chi connectivity index (χ1) is 12.0. The Labute approximate surface area is 172 Å². The van der Waals surface area contributed by atoms with Gasteiger partial charge in [-0.3, -0.25) is 10.1 Å². The number of ether oxygens (including phenoxy) is 1. The zero-order valence-electron chi connectivity index (χ0n) is 13.0. The molecule has 0 aromatic heterocycles. The fraction of sp³-hybridized carbons (Fsp3) is 0.0526. The molecule has 3 aromatic carbocycles. The standard InChI is InChI=1S/C19H13I2NO3/c20-17-10-13(8-9-22(23)24)11-18(21)19(17)25-12-15-6-3-5-14-4-1-2-7-16(14)15/h1-11H,12H2/b9-8-. The third-order valence-electron chi connectivity index (χ3n) is 3.66. The molecular weight excluding hydrogens is 544 g/mol. The highest BCUT2D eigenvalue weighted by Gasteiger charge is 2.10. The van der Waals surface area contributed by atoms with E-state index in [-0.39, 0.29) is 0 Å². The van der Waals surface area contributed by atoms with Crippen LogP contribution in [0.2, 0.25) is 0 Å². The van der Waals surface area contributed by atoms with Gasteiger partial charge in [0.25, 0.3) is 0 Å². The lowest BCUT2D eigenvalue weighted by molar-refractivity contribution is -0.400. The minimum Gasteiger partial charge on any atom is -0.487 e. The molecule has 0 aliphatic rings. The lowest BCUT2D eigenvalue weighted by Gasteiger charge is -2.13. The number of fused-ring (bicyclic) bond motifs is 1. The van der Waals surface area contributed by atoms with E-state index >= 15 is 0 Å². The molecule has 0 N–H and O–H groups in total. The molecule has 0 aliphatic heterocycles. The zero-order chi connectivity index (χ0) is 17.8. The average Bonchev–Trinajstić information content (AvgIpc) is 2.59. The first-order valence-electron chi connectivity index (χ1n) is 7.45. The quantitative estimate of drug-likeness (QED) is 0.224. The number of nitrogens with zero attached hydrogens (tertiary/aromatic N) is 1. The molecule has 3 aromatic rings. The average molecular weight is 557 g/mol. The molecule has 0 unspecified atom stereocenters. The van der Waals surface area contributed by atoms with Crippen molar-refractivity contribution in [1.29, 1.82) is 0 Å². The summed E-state index contributed by atoms with van der Waals surface area (Å²) in [4.78, 5) is 10.00. The summed E-state index contributed by atoms with van der Waals surface area (Å²) in [6, 6.07) is 18.2. The van der Waals surface area contributed by atoms with Crippen molar-refractivity contribution < 1.29 is 9.66 Å². The first-order valence-corrected chi connectivity index (χ1v) is 9.60. The number of nitro groups is 1. The molecule has 0 atom stereocenters. The third-order valence-corrected chi connectivity index (χ3v) is 5.26. The van der Waals surface area contributed by atoms with Crippen LogP contribution in [0.5, 0.6) is 5.75 Å². The number of hydrogen-bond donors (Lipinski definition) is 0. The first kappa shape index (κ1) is 18.1. The maximum absolute atomic E-state index is 10.5. The highest BCUT2D eigenvalue weighted by atomic mass is 127. The van der Waals surface area contributed by atoms with Crippen LogP contribution in [0.3, 0.4) is 0 Å². The lowest BCUT2D eigenvalue weighted by Crippen LogP contribution is -2.00. The number of benzene rings is 3. The summed E-state index contributed by atoms with van der Waals surface area (Å²) >= 11 is 4.39. The van der Waals surface area contributed by atoms with Crippen molar-refractivity contribution in [3.05, 3.63) is 89.2 Å². The second kappa shape index (κ2) is 8.13. The van der Waals surface area contributed by atoms with Crippen molar-refractivity contribution >= 4 is 62.0 Å². The van der Waals surface area contributed by atoms with Crippen LogP contribution in [0.4, 0.5) is 0 Å². The van der Waals surface area contributed by atoms with Crippen molar-refractivity contribution in [3.8, 4) is 5.75 Å². The number of rotatable bonds is 5. The summed E-state index contributed by atoms with van der Waals surface area (Å²) < 4.78 is 7.92. The van der Waals surface area contributed by atoms with Gasteiger partial charge in [-0.1, -0.05) is 42.5 Å². The fourth-order valence-corrected chi connectivity index (χ4v) is 4.66. The molecule has 0 bridgehead atoms. The van der Waals surface area contributed by atoms with Gasteiger partial charge in [0, 0.05) is 6.08 Å². The van der Waals surface area contributed by atoms with E-state index in [1.807, 2.05) is 30.3 Å². The Balaban J connectivity index is 1.84. The molecule has 0 fully saturated rings. The molecule has 0 heterocycles. The molecule has 126 valence electrons. The van der Waals surface area contributed by atoms with E-state index in [1.165, 1.54) is 16.8 Å². The van der Waals surface area contributed by atoms with E-state index in [1.54, 1.807) is 0 Å². The number of halogens is 2. The molecule has 25 heavy (non-hydrogen) atoms. The summed E-state index contributed by atoms with van der Waals surface area (Å²) in [5, 5.41) is 12.8. The summed E-state index contributed by atoms with van der Waals surface area (Å²) in [5.74, 6) is 0.799. The highest BCUT2D eigenvalue weighted by Crippen LogP contribution is 2.31. The van der Waals surface area contributed by atoms with Crippen LogP contribution >= 0.6 is 45.2 Å². The van der Waals surface area contributed by atoms with Crippen molar-refractivity contribution in [2.45, 2.75) is 6.61 Å². The molecule has 6 heteroatoms. The maximum Gasteiger partial charge on any atom is 0.235 e. The molecule has 0 spiro atoms. The van der Waals surface area contributed by atoms with Gasteiger partial charge in [0.1, 0.15) is 12.4 Å². The largest absolute Gasteiger partial charge is 0.487 e. The molecule has 0 aliphatic carbocycles. The SMILES string of the molecule is O=[N+]([O-])/C=C\c1cc(I)c(OCc2cccc3ccccc23)c(I)c1. The Kier molecular flexibility index (Phi) is 5.89. The van der Waals surface area contributed by atoms with Crippen LogP contribution in [-0.4, -0.2) is 4.92 Å². The lowest BCUT2D eigenvalue weighted by atomic mass is 10.1. The Bertz CT molecular complexity index is 942. The van der Waals surface area contributed by atoms with Crippen LogP contribution in [-0.2, 0) is 6.61 Å². The van der Waals surface area contributed by atoms with Crippen molar-refractivity contribution in [2.75, 3.05) is 0 Å². The van der Waals surface area contributed by atoms with E-state index in [2.05, 4.69) is 69.4 Å². The van der Waals surface area contributed by atoms with Crippen LogP contribution in [0, 0.1) is 17.3 Å². The van der Waals surface area contributed by atoms with Crippen molar-refractivity contribution in [3.63, 3.8) is 0 Å². The van der Waals surface area contributed by atoms with E-state index in [4.69, 9.17) is 4.74 Å². The van der Waals surface area contributed by atoms with Gasteiger partial charge in [-0.05, 0) is 79.2 Å². The van der Waals surface area contributed by atoms with Gasteiger partial charge in [0.15, 0.2) is 0 Å². The van der Waals surface area contributed by atoms with Gasteiger partial charge >= 0.3 is 0 Å². The Morgan fingerprint density at radius 3 is 2.44 bits per heavy atom. The van der Waals surface area contributed by atoms with Crippen LogP contribution in [0.1, 0.15) is 11.1 Å². The normalized spacial score (nSPS) is 11.1. The minimum atomic E-state index is -0.468. The third kappa shape index (κ3) is 4.49. The molecule has 0 amide bonds. The molecule has 3 rings (SSSR count). The summed E-state index contributed by atoms with van der Waals surface area (Å²) in [7, 11) is 0. The van der Waals surface area contributed by atoms with E-state index < -0.39 is 4.92 Å². The zero-order valence-corrected chi connectivity index (χ0v) is 17.3. The smallest absolute Gasteiger partial charge is 0.235 e. The second-order valence-electron chi connectivity index (χ2n) is 5.34. The van der Waals surface area contributed by atoms with Crippen LogP contribution < -0.4 is 4.74 Å². The second-order valence-corrected chi connectivity index (χ2v) is 7.67. The van der Waals surface area contributed by atoms with Gasteiger partial charge < -0.3 is 4.74 Å². The summed E-state index contributed by atoms with van der Waals surface area (Å²) in [6.07, 6.45) is 2.43.